The number of halogens is 2. The van der Waals surface area contributed by atoms with Crippen LogP contribution in [0.1, 0.15) is 46.0 Å². The molecule has 0 aliphatic carbocycles. The van der Waals surface area contributed by atoms with Gasteiger partial charge in [-0.2, -0.15) is 0 Å². The van der Waals surface area contributed by atoms with Gasteiger partial charge in [0.05, 0.1) is 16.0 Å². The summed E-state index contributed by atoms with van der Waals surface area (Å²) in [4.78, 5) is 12.9. The number of anilines is 1. The molecule has 2 atom stereocenters. The van der Waals surface area contributed by atoms with Crippen LogP contribution in [0, 0.1) is 11.7 Å². The predicted molar refractivity (Wildman–Crippen MR) is 130 cm³/mol. The molecule has 2 unspecified atom stereocenters. The summed E-state index contributed by atoms with van der Waals surface area (Å²) in [6.07, 6.45) is 0.137. The molecular formula is C24H28ClFN4O2S. The number of carbonyl (C=O) groups is 1. The van der Waals surface area contributed by atoms with Crippen LogP contribution in [0.5, 0.6) is 5.75 Å². The Morgan fingerprint density at radius 2 is 1.85 bits per heavy atom. The maximum Gasteiger partial charge on any atom is 0.238 e. The van der Waals surface area contributed by atoms with E-state index in [0.717, 1.165) is 0 Å². The van der Waals surface area contributed by atoms with Gasteiger partial charge in [0.1, 0.15) is 11.6 Å². The molecule has 1 aromatic heterocycles. The topological polar surface area (TPSA) is 69.0 Å². The van der Waals surface area contributed by atoms with Gasteiger partial charge in [-0.3, -0.25) is 4.79 Å². The lowest BCUT2D eigenvalue weighted by Gasteiger charge is -2.19. The SMILES string of the molecule is CCC(Sc1nnc(C(C)Oc2ccccc2Cl)n1CC(C)C)C(=O)Nc1ccccc1F. The number of hydrogen-bond acceptors (Lipinski definition) is 5. The number of para-hydroxylation sites is 2. The van der Waals surface area contributed by atoms with Crippen molar-refractivity contribution in [2.45, 2.75) is 57.2 Å². The monoisotopic (exact) mass is 490 g/mol. The van der Waals surface area contributed by atoms with Crippen molar-refractivity contribution in [1.82, 2.24) is 14.8 Å². The normalized spacial score (nSPS) is 13.1. The van der Waals surface area contributed by atoms with E-state index in [0.29, 0.717) is 40.6 Å². The van der Waals surface area contributed by atoms with Gasteiger partial charge in [0.15, 0.2) is 17.1 Å². The first-order valence-corrected chi connectivity index (χ1v) is 12.1. The molecule has 0 bridgehead atoms. The largest absolute Gasteiger partial charge is 0.481 e. The molecule has 0 radical (unpaired) electrons. The van der Waals surface area contributed by atoms with Crippen molar-refractivity contribution in [3.63, 3.8) is 0 Å². The highest BCUT2D eigenvalue weighted by molar-refractivity contribution is 8.00. The van der Waals surface area contributed by atoms with Crippen LogP contribution in [0.4, 0.5) is 10.1 Å². The number of hydrogen-bond donors (Lipinski definition) is 1. The third kappa shape index (κ3) is 6.48. The highest BCUT2D eigenvalue weighted by Crippen LogP contribution is 2.32. The van der Waals surface area contributed by atoms with Crippen molar-refractivity contribution < 1.29 is 13.9 Å². The zero-order valence-corrected chi connectivity index (χ0v) is 20.7. The molecule has 1 heterocycles. The van der Waals surface area contributed by atoms with E-state index in [1.54, 1.807) is 24.3 Å². The molecule has 9 heteroatoms. The second kappa shape index (κ2) is 11.5. The Labute approximate surface area is 202 Å². The highest BCUT2D eigenvalue weighted by atomic mass is 35.5. The molecule has 3 rings (SSSR count). The van der Waals surface area contributed by atoms with Gasteiger partial charge in [0.25, 0.3) is 0 Å². The standard InChI is InChI=1S/C24H28ClFN4O2S/c1-5-21(23(31)27-19-12-8-7-11-18(19)26)33-24-29-28-22(30(24)14-15(2)3)16(4)32-20-13-9-6-10-17(20)25/h6-13,15-16,21H,5,14H2,1-4H3,(H,27,31). The van der Waals surface area contributed by atoms with E-state index in [1.807, 2.05) is 30.5 Å². The summed E-state index contributed by atoms with van der Waals surface area (Å²) in [5, 5.41) is 12.1. The molecule has 0 fully saturated rings. The lowest BCUT2D eigenvalue weighted by molar-refractivity contribution is -0.115. The summed E-state index contributed by atoms with van der Waals surface area (Å²) < 4.78 is 22.0. The summed E-state index contributed by atoms with van der Waals surface area (Å²) >= 11 is 7.55. The zero-order valence-electron chi connectivity index (χ0n) is 19.1. The van der Waals surface area contributed by atoms with E-state index < -0.39 is 17.2 Å². The molecule has 3 aromatic rings. The maximum atomic E-state index is 14.0. The van der Waals surface area contributed by atoms with Crippen molar-refractivity contribution in [1.29, 1.82) is 0 Å². The van der Waals surface area contributed by atoms with Crippen LogP contribution in [0.15, 0.2) is 53.7 Å². The fourth-order valence-electron chi connectivity index (χ4n) is 3.23. The lowest BCUT2D eigenvalue weighted by Crippen LogP contribution is -2.26. The van der Waals surface area contributed by atoms with Crippen molar-refractivity contribution in [2.24, 2.45) is 5.92 Å². The van der Waals surface area contributed by atoms with E-state index >= 15 is 0 Å². The Bertz CT molecular complexity index is 1090. The number of amides is 1. The smallest absolute Gasteiger partial charge is 0.238 e. The van der Waals surface area contributed by atoms with Crippen LogP contribution in [0.2, 0.25) is 5.02 Å². The minimum absolute atomic E-state index is 0.160. The molecule has 1 amide bonds. The first kappa shape index (κ1) is 25.1. The Balaban J connectivity index is 1.81. The van der Waals surface area contributed by atoms with Gasteiger partial charge in [-0.25, -0.2) is 4.39 Å². The molecule has 0 spiro atoms. The van der Waals surface area contributed by atoms with E-state index in [4.69, 9.17) is 16.3 Å². The Hall–Kier alpha value is -2.58. The lowest BCUT2D eigenvalue weighted by atomic mass is 10.2. The molecule has 6 nitrogen and oxygen atoms in total. The van der Waals surface area contributed by atoms with Crippen LogP contribution in [0.25, 0.3) is 0 Å². The third-order valence-electron chi connectivity index (χ3n) is 4.84. The van der Waals surface area contributed by atoms with Crippen molar-refractivity contribution in [3.8, 4) is 5.75 Å². The van der Waals surface area contributed by atoms with Gasteiger partial charge in [-0.05, 0) is 43.5 Å². The summed E-state index contributed by atoms with van der Waals surface area (Å²) in [6, 6.07) is 13.4. The molecule has 33 heavy (non-hydrogen) atoms. The maximum absolute atomic E-state index is 14.0. The summed E-state index contributed by atoms with van der Waals surface area (Å²) in [5.74, 6) is 0.778. The molecule has 2 aromatic carbocycles. The minimum atomic E-state index is -0.471. The van der Waals surface area contributed by atoms with Crippen LogP contribution < -0.4 is 10.1 Å². The average molecular weight is 491 g/mol. The van der Waals surface area contributed by atoms with Crippen LogP contribution in [0.3, 0.4) is 0 Å². The third-order valence-corrected chi connectivity index (χ3v) is 6.50. The Kier molecular flexibility index (Phi) is 8.74. The second-order valence-corrected chi connectivity index (χ2v) is 9.60. The van der Waals surface area contributed by atoms with Gasteiger partial charge in [-0.15, -0.1) is 10.2 Å². The molecule has 0 aliphatic rings. The van der Waals surface area contributed by atoms with Gasteiger partial charge in [0.2, 0.25) is 5.91 Å². The number of nitrogens with one attached hydrogen (secondary N) is 1. The number of nitrogens with zero attached hydrogens (tertiary/aromatic N) is 3. The number of ether oxygens (including phenoxy) is 1. The summed E-state index contributed by atoms with van der Waals surface area (Å²) in [6.45, 7) is 8.65. The van der Waals surface area contributed by atoms with Crippen molar-refractivity contribution in [3.05, 3.63) is 65.2 Å². The number of carbonyl (C=O) groups excluding carboxylic acids is 1. The van der Waals surface area contributed by atoms with Crippen LogP contribution in [-0.4, -0.2) is 25.9 Å². The van der Waals surface area contributed by atoms with E-state index in [9.17, 15) is 9.18 Å². The van der Waals surface area contributed by atoms with E-state index in [1.165, 1.54) is 23.9 Å². The predicted octanol–water partition coefficient (Wildman–Crippen LogP) is 6.38. The average Bonchev–Trinajstić information content (AvgIpc) is 3.16. The van der Waals surface area contributed by atoms with Gasteiger partial charge in [0, 0.05) is 6.54 Å². The van der Waals surface area contributed by atoms with Gasteiger partial charge < -0.3 is 14.6 Å². The van der Waals surface area contributed by atoms with Gasteiger partial charge in [-0.1, -0.05) is 68.4 Å². The fourth-order valence-corrected chi connectivity index (χ4v) is 4.38. The van der Waals surface area contributed by atoms with E-state index in [-0.39, 0.29) is 11.6 Å². The molecule has 0 aliphatic heterocycles. The zero-order chi connectivity index (χ0) is 24.0. The van der Waals surface area contributed by atoms with Crippen molar-refractivity contribution >= 4 is 35.0 Å². The fraction of sp³-hybridized carbons (Fsp3) is 0.375. The first-order valence-electron chi connectivity index (χ1n) is 10.9. The minimum Gasteiger partial charge on any atom is -0.481 e. The van der Waals surface area contributed by atoms with Gasteiger partial charge >= 0.3 is 0 Å². The summed E-state index contributed by atoms with van der Waals surface area (Å²) in [5.41, 5.74) is 0.160. The van der Waals surface area contributed by atoms with Crippen LogP contribution >= 0.6 is 23.4 Å². The molecular weight excluding hydrogens is 463 g/mol. The highest BCUT2D eigenvalue weighted by Gasteiger charge is 2.26. The van der Waals surface area contributed by atoms with Crippen molar-refractivity contribution in [2.75, 3.05) is 5.32 Å². The Morgan fingerprint density at radius 3 is 2.52 bits per heavy atom. The first-order chi connectivity index (χ1) is 15.8. The molecule has 0 saturated heterocycles. The summed E-state index contributed by atoms with van der Waals surface area (Å²) in [7, 11) is 0. The quantitative estimate of drug-likeness (QED) is 0.334. The van der Waals surface area contributed by atoms with E-state index in [2.05, 4.69) is 29.4 Å². The number of thioether (sulfide) groups is 1. The Morgan fingerprint density at radius 1 is 1.15 bits per heavy atom. The number of benzene rings is 2. The number of aromatic nitrogens is 3. The second-order valence-electron chi connectivity index (χ2n) is 8.02. The van der Waals surface area contributed by atoms with Crippen LogP contribution in [-0.2, 0) is 11.3 Å². The molecule has 0 saturated carbocycles. The number of rotatable bonds is 10. The molecule has 1 N–H and O–H groups in total. The molecule has 176 valence electrons.